The van der Waals surface area contributed by atoms with Crippen LogP contribution in [0.4, 0.5) is 0 Å². The molecule has 0 spiro atoms. The van der Waals surface area contributed by atoms with Crippen LogP contribution in [0.1, 0.15) is 2.85 Å². The van der Waals surface area contributed by atoms with Gasteiger partial charge in [0.15, 0.2) is 0 Å². The maximum Gasteiger partial charge on any atom is 1.00 e. The summed E-state index contributed by atoms with van der Waals surface area (Å²) in [5, 5.41) is 86.0. The van der Waals surface area contributed by atoms with E-state index in [9.17, 15) is 0 Å². The molecule has 0 rings (SSSR count). The molecule has 0 aliphatic heterocycles. The van der Waals surface area contributed by atoms with E-state index in [-0.39, 0.29) is 100 Å². The van der Waals surface area contributed by atoms with Crippen LogP contribution in [0, 0.1) is 0 Å². The second-order valence-corrected chi connectivity index (χ2v) is 1.39. The largest absolute Gasteiger partial charge is 1.00 e. The summed E-state index contributed by atoms with van der Waals surface area (Å²) >= 11 is 0. The van der Waals surface area contributed by atoms with Gasteiger partial charge in [0.1, 0.15) is 0 Å². The van der Waals surface area contributed by atoms with Crippen LogP contribution in [0.5, 0.6) is 0 Å². The van der Waals surface area contributed by atoms with Gasteiger partial charge in [-0.1, -0.05) is 0 Å². The van der Waals surface area contributed by atoms with Crippen molar-refractivity contribution in [3.8, 4) is 0 Å². The Kier molecular flexibility index (Phi) is 318. The Morgan fingerprint density at radius 3 is 0.280 bits per heavy atom. The number of rotatable bonds is 0. The summed E-state index contributed by atoms with van der Waals surface area (Å²) < 4.78 is 0. The molecule has 0 heterocycles. The van der Waals surface area contributed by atoms with Crippen molar-refractivity contribution in [1.82, 2.24) is 0 Å². The fourth-order valence-corrected chi connectivity index (χ4v) is 0. The molecular formula is H28B4Na2O19. The van der Waals surface area contributed by atoms with E-state index in [0.29, 0.717) is 0 Å². The van der Waals surface area contributed by atoms with E-state index in [2.05, 4.69) is 0 Å². The molecule has 0 aromatic rings. The Balaban J connectivity index is -0.00000000482. The summed E-state index contributed by atoms with van der Waals surface area (Å²) in [4.78, 5) is 0. The first-order chi connectivity index (χ1) is 6.93. The molecule has 0 amide bonds. The van der Waals surface area contributed by atoms with Gasteiger partial charge >= 0.3 is 88.4 Å². The van der Waals surface area contributed by atoms with E-state index in [1.807, 2.05) is 0 Å². The number of hydrogen-bond donors (Lipinski definition) is 12. The van der Waals surface area contributed by atoms with Gasteiger partial charge in [-0.2, -0.15) is 0 Å². The molecule has 0 atom stereocenters. The topological polar surface area (TPSA) is 463 Å². The van der Waals surface area contributed by atoms with E-state index in [1.54, 1.807) is 0 Å². The standard InChI is InChI=1S/4BH3O3.2Na.7H2O.2H/c4*2-1(3)4;;;;;;;;;;;/h4*2-4H;;;7*1H2;;/q;;;;2*+1;;;;;;;;2*-1. The molecule has 19 nitrogen and oxygen atoms in total. The van der Waals surface area contributed by atoms with Gasteiger partial charge in [0.05, 0.1) is 0 Å². The summed E-state index contributed by atoms with van der Waals surface area (Å²) in [6.45, 7) is 0. The van der Waals surface area contributed by atoms with Crippen LogP contribution in [-0.2, 0) is 0 Å². The average Bonchev–Trinajstić information content (AvgIpc) is 1.76. The molecular weight excluding hydrogens is 393 g/mol. The summed E-state index contributed by atoms with van der Waals surface area (Å²) in [7, 11) is -8.67. The first-order valence-corrected chi connectivity index (χ1v) is 3.10. The van der Waals surface area contributed by atoms with Crippen LogP contribution < -0.4 is 59.1 Å². The Bertz CT molecular complexity index is 78.7. The number of hydrogen-bond acceptors (Lipinski definition) is 12. The zero-order valence-corrected chi connectivity index (χ0v) is 17.2. The van der Waals surface area contributed by atoms with Gasteiger partial charge in [-0.15, -0.1) is 0 Å². The predicted molar refractivity (Wildman–Crippen MR) is 77.2 cm³/mol. The van der Waals surface area contributed by atoms with Gasteiger partial charge in [-0.05, 0) is 0 Å². The molecule has 25 heteroatoms. The van der Waals surface area contributed by atoms with Gasteiger partial charge < -0.3 is 101 Å². The van der Waals surface area contributed by atoms with E-state index < -0.39 is 29.3 Å². The van der Waals surface area contributed by atoms with Crippen molar-refractivity contribution < 1.29 is 161 Å². The molecule has 25 heavy (non-hydrogen) atoms. The van der Waals surface area contributed by atoms with Crippen molar-refractivity contribution in [1.29, 1.82) is 0 Å². The minimum absolute atomic E-state index is 0. The summed E-state index contributed by atoms with van der Waals surface area (Å²) in [6, 6.07) is 0. The van der Waals surface area contributed by atoms with Crippen LogP contribution in [-0.4, -0.2) is 128 Å². The molecule has 0 fully saturated rings. The summed E-state index contributed by atoms with van der Waals surface area (Å²) in [5.41, 5.74) is 0. The van der Waals surface area contributed by atoms with E-state index in [4.69, 9.17) is 60.3 Å². The summed E-state index contributed by atoms with van der Waals surface area (Å²) in [5.74, 6) is 0. The fourth-order valence-electron chi connectivity index (χ4n) is 0. The van der Waals surface area contributed by atoms with Crippen molar-refractivity contribution in [2.75, 3.05) is 0 Å². The normalized spacial score (nSPS) is 4.32. The average molecular weight is 421 g/mol. The third kappa shape index (κ3) is 6260. The van der Waals surface area contributed by atoms with Crippen molar-refractivity contribution in [2.45, 2.75) is 0 Å². The van der Waals surface area contributed by atoms with E-state index >= 15 is 0 Å². The SMILES string of the molecule is O.O.O.O.O.O.O.OB(O)O.OB(O)O.OB(O)O.OB(O)O.[H-].[H-].[Na+].[Na+]. The molecule has 0 aromatic heterocycles. The van der Waals surface area contributed by atoms with Crippen molar-refractivity contribution in [3.63, 3.8) is 0 Å². The Morgan fingerprint density at radius 2 is 0.280 bits per heavy atom. The van der Waals surface area contributed by atoms with Crippen LogP contribution >= 0.6 is 0 Å². The zero-order valence-electron chi connectivity index (χ0n) is 15.2. The monoisotopic (exact) mass is 422 g/mol. The molecule has 0 aromatic carbocycles. The van der Waals surface area contributed by atoms with Gasteiger partial charge in [0.2, 0.25) is 0 Å². The van der Waals surface area contributed by atoms with Crippen LogP contribution in [0.2, 0.25) is 0 Å². The van der Waals surface area contributed by atoms with Crippen molar-refractivity contribution >= 4 is 29.3 Å². The van der Waals surface area contributed by atoms with E-state index in [1.165, 1.54) is 0 Å². The van der Waals surface area contributed by atoms with E-state index in [0.717, 1.165) is 0 Å². The molecule has 0 saturated heterocycles. The maximum absolute atomic E-state index is 7.17. The van der Waals surface area contributed by atoms with Crippen LogP contribution in [0.3, 0.4) is 0 Å². The third-order valence-electron chi connectivity index (χ3n) is 0. The third-order valence-corrected chi connectivity index (χ3v) is 0. The smallest absolute Gasteiger partial charge is 1.00 e. The first-order valence-electron chi connectivity index (χ1n) is 3.10. The zero-order chi connectivity index (χ0) is 14.3. The minimum Gasteiger partial charge on any atom is -1.00 e. The van der Waals surface area contributed by atoms with Crippen LogP contribution in [0.25, 0.3) is 0 Å². The molecule has 0 radical (unpaired) electrons. The minimum atomic E-state index is -2.17. The Morgan fingerprint density at radius 1 is 0.280 bits per heavy atom. The Labute approximate surface area is 189 Å². The van der Waals surface area contributed by atoms with Crippen LogP contribution in [0.15, 0.2) is 0 Å². The maximum atomic E-state index is 7.17. The predicted octanol–water partition coefficient (Wildman–Crippen LogP) is -19.7. The van der Waals surface area contributed by atoms with Gasteiger partial charge in [-0.25, -0.2) is 0 Å². The quantitative estimate of drug-likeness (QED) is 0.162. The van der Waals surface area contributed by atoms with Gasteiger partial charge in [0.25, 0.3) is 0 Å². The molecule has 0 aliphatic rings. The molecule has 156 valence electrons. The van der Waals surface area contributed by atoms with Crippen molar-refractivity contribution in [2.24, 2.45) is 0 Å². The second-order valence-electron chi connectivity index (χ2n) is 1.39. The summed E-state index contributed by atoms with van der Waals surface area (Å²) in [6.07, 6.45) is 0. The fraction of sp³-hybridized carbons (Fsp3) is 0. The van der Waals surface area contributed by atoms with Crippen molar-refractivity contribution in [3.05, 3.63) is 0 Å². The first kappa shape index (κ1) is 94.6. The molecule has 0 bridgehead atoms. The molecule has 0 unspecified atom stereocenters. The molecule has 0 aliphatic carbocycles. The molecule has 0 saturated carbocycles. The second kappa shape index (κ2) is 84.0. The molecule has 26 N–H and O–H groups in total. The van der Waals surface area contributed by atoms with Gasteiger partial charge in [0, 0.05) is 0 Å². The van der Waals surface area contributed by atoms with Gasteiger partial charge in [-0.3, -0.25) is 0 Å². The Hall–Kier alpha value is 1.50.